The molecule has 0 spiro atoms. The fourth-order valence-electron chi connectivity index (χ4n) is 1.71. The summed E-state index contributed by atoms with van der Waals surface area (Å²) in [6.07, 6.45) is 4.73. The first-order valence-electron chi connectivity index (χ1n) is 5.39. The largest absolute Gasteiger partial charge is 0.312 e. The van der Waals surface area contributed by atoms with Crippen molar-refractivity contribution in [2.24, 2.45) is 0 Å². The van der Waals surface area contributed by atoms with Gasteiger partial charge in [-0.15, -0.1) is 0 Å². The number of carbonyl (C=O) groups excluding carboxylic acids is 1. The van der Waals surface area contributed by atoms with Crippen molar-refractivity contribution in [3.63, 3.8) is 0 Å². The average molecular weight is 232 g/mol. The molecule has 0 aliphatic carbocycles. The molecule has 0 bridgehead atoms. The van der Waals surface area contributed by atoms with E-state index in [-0.39, 0.29) is 5.91 Å². The van der Waals surface area contributed by atoms with Crippen LogP contribution in [0.3, 0.4) is 0 Å². The molecule has 0 saturated carbocycles. The van der Waals surface area contributed by atoms with E-state index >= 15 is 0 Å². The van der Waals surface area contributed by atoms with Crippen molar-refractivity contribution < 1.29 is 4.79 Å². The molecule has 7 heteroatoms. The molecule has 0 atom stereocenters. The molecule has 2 aromatic heterocycles. The van der Waals surface area contributed by atoms with E-state index in [1.165, 1.54) is 6.20 Å². The van der Waals surface area contributed by atoms with Gasteiger partial charge in [-0.3, -0.25) is 9.89 Å². The Bertz CT molecular complexity index is 513. The number of aromatic nitrogens is 4. The lowest BCUT2D eigenvalue weighted by Gasteiger charge is -2.28. The molecule has 0 radical (unpaired) electrons. The Morgan fingerprint density at radius 1 is 1.53 bits per heavy atom. The van der Waals surface area contributed by atoms with Gasteiger partial charge in [0.1, 0.15) is 5.82 Å². The summed E-state index contributed by atoms with van der Waals surface area (Å²) in [6.45, 7) is 1.77. The minimum atomic E-state index is -0.187. The number of nitrogens with zero attached hydrogens (tertiary/aromatic N) is 3. The zero-order chi connectivity index (χ0) is 11.7. The van der Waals surface area contributed by atoms with Crippen LogP contribution in [0.4, 0.5) is 5.82 Å². The molecule has 7 nitrogen and oxygen atoms in total. The highest BCUT2D eigenvalue weighted by atomic mass is 16.1. The molecule has 1 aliphatic heterocycles. The zero-order valence-corrected chi connectivity index (χ0v) is 9.05. The van der Waals surface area contributed by atoms with Crippen LogP contribution in [0.5, 0.6) is 0 Å². The molecule has 1 amide bonds. The summed E-state index contributed by atoms with van der Waals surface area (Å²) in [6, 6.07) is 2.11. The topological polar surface area (TPSA) is 87.6 Å². The lowest BCUT2D eigenvalue weighted by Crippen LogP contribution is -2.44. The lowest BCUT2D eigenvalue weighted by molar-refractivity contribution is 0.102. The van der Waals surface area contributed by atoms with Gasteiger partial charge in [0.2, 0.25) is 0 Å². The standard InChI is InChI=1S/C10H12N6O/c17-10(7-3-12-13-4-7)15-9-1-2-14-16(9)8-5-11-6-8/h1-4,8,11H,5-6H2,(H,12,13)(H,15,17). The van der Waals surface area contributed by atoms with Crippen molar-refractivity contribution in [2.75, 3.05) is 18.4 Å². The maximum absolute atomic E-state index is 11.8. The molecule has 0 unspecified atom stereocenters. The van der Waals surface area contributed by atoms with Crippen LogP contribution >= 0.6 is 0 Å². The van der Waals surface area contributed by atoms with Crippen molar-refractivity contribution in [1.29, 1.82) is 0 Å². The summed E-state index contributed by atoms with van der Waals surface area (Å²) in [7, 11) is 0. The van der Waals surface area contributed by atoms with Crippen LogP contribution < -0.4 is 10.6 Å². The fourth-order valence-corrected chi connectivity index (χ4v) is 1.71. The first kappa shape index (κ1) is 10.0. The van der Waals surface area contributed by atoms with Gasteiger partial charge in [0.05, 0.1) is 24.0 Å². The molecular formula is C10H12N6O. The first-order chi connectivity index (χ1) is 8.34. The molecular weight excluding hydrogens is 220 g/mol. The highest BCUT2D eigenvalue weighted by Gasteiger charge is 2.22. The lowest BCUT2D eigenvalue weighted by atomic mass is 10.2. The van der Waals surface area contributed by atoms with Gasteiger partial charge >= 0.3 is 0 Å². The van der Waals surface area contributed by atoms with E-state index in [9.17, 15) is 4.79 Å². The Labute approximate surface area is 97.2 Å². The second kappa shape index (κ2) is 4.02. The number of hydrogen-bond donors (Lipinski definition) is 3. The zero-order valence-electron chi connectivity index (χ0n) is 9.05. The summed E-state index contributed by atoms with van der Waals surface area (Å²) in [5.74, 6) is 0.524. The van der Waals surface area contributed by atoms with E-state index in [1.54, 1.807) is 18.5 Å². The van der Waals surface area contributed by atoms with Crippen LogP contribution in [0.25, 0.3) is 0 Å². The third kappa shape index (κ3) is 1.80. The maximum Gasteiger partial charge on any atom is 0.259 e. The third-order valence-corrected chi connectivity index (χ3v) is 2.78. The van der Waals surface area contributed by atoms with Crippen molar-refractivity contribution in [2.45, 2.75) is 6.04 Å². The highest BCUT2D eigenvalue weighted by Crippen LogP contribution is 2.17. The number of rotatable bonds is 3. The molecule has 3 N–H and O–H groups in total. The Morgan fingerprint density at radius 2 is 2.41 bits per heavy atom. The number of H-pyrrole nitrogens is 1. The maximum atomic E-state index is 11.8. The molecule has 3 rings (SSSR count). The molecule has 1 aliphatic rings. The van der Waals surface area contributed by atoms with Crippen molar-refractivity contribution in [3.05, 3.63) is 30.2 Å². The Kier molecular flexibility index (Phi) is 2.37. The van der Waals surface area contributed by atoms with Crippen LogP contribution in [0.1, 0.15) is 16.4 Å². The van der Waals surface area contributed by atoms with Crippen molar-refractivity contribution >= 4 is 11.7 Å². The first-order valence-corrected chi connectivity index (χ1v) is 5.39. The van der Waals surface area contributed by atoms with E-state index in [2.05, 4.69) is 25.9 Å². The minimum absolute atomic E-state index is 0.187. The normalized spacial score (nSPS) is 15.5. The smallest absolute Gasteiger partial charge is 0.259 e. The van der Waals surface area contributed by atoms with Crippen molar-refractivity contribution in [3.8, 4) is 0 Å². The Balaban J connectivity index is 1.76. The number of aromatic amines is 1. The van der Waals surface area contributed by atoms with E-state index in [1.807, 2.05) is 4.68 Å². The van der Waals surface area contributed by atoms with Gasteiger partial charge in [0.25, 0.3) is 5.91 Å². The number of anilines is 1. The molecule has 3 heterocycles. The van der Waals surface area contributed by atoms with E-state index in [4.69, 9.17) is 0 Å². The monoisotopic (exact) mass is 232 g/mol. The van der Waals surface area contributed by atoms with E-state index < -0.39 is 0 Å². The molecule has 1 saturated heterocycles. The van der Waals surface area contributed by atoms with Gasteiger partial charge < -0.3 is 10.6 Å². The van der Waals surface area contributed by atoms with Gasteiger partial charge in [-0.1, -0.05) is 0 Å². The SMILES string of the molecule is O=C(Nc1ccnn1C1CNC1)c1cn[nH]c1. The van der Waals surface area contributed by atoms with E-state index in [0.717, 1.165) is 13.1 Å². The number of amides is 1. The van der Waals surface area contributed by atoms with Gasteiger partial charge in [-0.25, -0.2) is 4.68 Å². The highest BCUT2D eigenvalue weighted by molar-refractivity contribution is 6.03. The molecule has 0 aromatic carbocycles. The van der Waals surface area contributed by atoms with Crippen LogP contribution in [0, 0.1) is 0 Å². The summed E-state index contributed by atoms with van der Waals surface area (Å²) in [5.41, 5.74) is 0.504. The summed E-state index contributed by atoms with van der Waals surface area (Å²) in [4.78, 5) is 11.8. The van der Waals surface area contributed by atoms with Crippen molar-refractivity contribution in [1.82, 2.24) is 25.3 Å². The van der Waals surface area contributed by atoms with Crippen LogP contribution in [0.2, 0.25) is 0 Å². The Morgan fingerprint density at radius 3 is 3.06 bits per heavy atom. The predicted molar refractivity (Wildman–Crippen MR) is 60.7 cm³/mol. The van der Waals surface area contributed by atoms with Crippen LogP contribution in [-0.4, -0.2) is 39.0 Å². The van der Waals surface area contributed by atoms with Gasteiger partial charge in [-0.2, -0.15) is 10.2 Å². The second-order valence-electron chi connectivity index (χ2n) is 3.91. The van der Waals surface area contributed by atoms with Gasteiger partial charge in [-0.05, 0) is 0 Å². The quantitative estimate of drug-likeness (QED) is 0.695. The van der Waals surface area contributed by atoms with Gasteiger partial charge in [0.15, 0.2) is 0 Å². The average Bonchev–Trinajstić information content (AvgIpc) is 2.86. The molecule has 17 heavy (non-hydrogen) atoms. The Hall–Kier alpha value is -2.15. The minimum Gasteiger partial charge on any atom is -0.312 e. The molecule has 2 aromatic rings. The molecule has 1 fully saturated rings. The van der Waals surface area contributed by atoms with E-state index in [0.29, 0.717) is 17.4 Å². The number of nitrogens with one attached hydrogen (secondary N) is 3. The third-order valence-electron chi connectivity index (χ3n) is 2.78. The molecule has 88 valence electrons. The fraction of sp³-hybridized carbons (Fsp3) is 0.300. The van der Waals surface area contributed by atoms with Gasteiger partial charge in [0, 0.05) is 25.4 Å². The summed E-state index contributed by atoms with van der Waals surface area (Å²) in [5, 5.41) is 16.5. The predicted octanol–water partition coefficient (Wildman–Crippen LogP) is 0.00280. The summed E-state index contributed by atoms with van der Waals surface area (Å²) < 4.78 is 1.83. The number of carbonyl (C=O) groups is 1. The number of hydrogen-bond acceptors (Lipinski definition) is 4. The van der Waals surface area contributed by atoms with Crippen LogP contribution in [-0.2, 0) is 0 Å². The summed E-state index contributed by atoms with van der Waals surface area (Å²) >= 11 is 0. The second-order valence-corrected chi connectivity index (χ2v) is 3.91. The van der Waals surface area contributed by atoms with Crippen LogP contribution in [0.15, 0.2) is 24.7 Å².